The van der Waals surface area contributed by atoms with Crippen molar-refractivity contribution in [2.45, 2.75) is 52.7 Å². The van der Waals surface area contributed by atoms with Crippen molar-refractivity contribution in [2.24, 2.45) is 10.8 Å². The summed E-state index contributed by atoms with van der Waals surface area (Å²) in [4.78, 5) is 12.5. The van der Waals surface area contributed by atoms with Gasteiger partial charge in [0, 0.05) is 17.3 Å². The normalized spacial score (nSPS) is 25.0. The molecule has 2 aliphatic rings. The summed E-state index contributed by atoms with van der Waals surface area (Å²) in [7, 11) is 0. The highest BCUT2D eigenvalue weighted by Gasteiger charge is 2.66. The van der Waals surface area contributed by atoms with Crippen LogP contribution in [0.5, 0.6) is 5.75 Å². The third kappa shape index (κ3) is 3.53. The monoisotopic (exact) mass is 384 g/mol. The second kappa shape index (κ2) is 7.04. The van der Waals surface area contributed by atoms with Crippen LogP contribution in [0.4, 0.5) is 0 Å². The number of aliphatic hydroxyl groups is 1. The Morgan fingerprint density at radius 3 is 2.07 bits per heavy atom. The molecular formula is C23H28O5. The van der Waals surface area contributed by atoms with Crippen LogP contribution < -0.4 is 0 Å². The van der Waals surface area contributed by atoms with Gasteiger partial charge in [-0.05, 0) is 42.3 Å². The lowest BCUT2D eigenvalue weighted by Gasteiger charge is -2.61. The SMILES string of the molecule is C=C(OC1C(C)(C)C(OC(=O)c2ccc(O)cc2)C1(C)C)C1=CC=C(O)CC1. The maximum Gasteiger partial charge on any atom is 0.338 e. The molecular weight excluding hydrogens is 356 g/mol. The maximum atomic E-state index is 12.5. The third-order valence-corrected chi connectivity index (χ3v) is 5.78. The van der Waals surface area contributed by atoms with Crippen molar-refractivity contribution in [1.29, 1.82) is 0 Å². The summed E-state index contributed by atoms with van der Waals surface area (Å²) in [6, 6.07) is 6.02. The molecule has 150 valence electrons. The van der Waals surface area contributed by atoms with Gasteiger partial charge in [-0.3, -0.25) is 0 Å². The van der Waals surface area contributed by atoms with Gasteiger partial charge >= 0.3 is 5.97 Å². The van der Waals surface area contributed by atoms with E-state index in [0.717, 1.165) is 5.57 Å². The Morgan fingerprint density at radius 1 is 0.964 bits per heavy atom. The average Bonchev–Trinajstić information content (AvgIpc) is 2.64. The lowest BCUT2D eigenvalue weighted by Crippen LogP contribution is -2.69. The molecule has 0 radical (unpaired) electrons. The van der Waals surface area contributed by atoms with Crippen molar-refractivity contribution >= 4 is 5.97 Å². The number of phenols is 1. The lowest BCUT2D eigenvalue weighted by atomic mass is 9.51. The molecule has 0 bridgehead atoms. The van der Waals surface area contributed by atoms with Crippen LogP contribution in [-0.2, 0) is 9.47 Å². The maximum absolute atomic E-state index is 12.5. The molecule has 0 aliphatic heterocycles. The first-order chi connectivity index (χ1) is 13.0. The molecule has 0 heterocycles. The number of allylic oxidation sites excluding steroid dienone is 4. The van der Waals surface area contributed by atoms with Gasteiger partial charge in [-0.15, -0.1) is 0 Å². The van der Waals surface area contributed by atoms with Gasteiger partial charge in [0.15, 0.2) is 0 Å². The Labute approximate surface area is 166 Å². The van der Waals surface area contributed by atoms with Crippen LogP contribution in [0.25, 0.3) is 0 Å². The van der Waals surface area contributed by atoms with Gasteiger partial charge in [-0.25, -0.2) is 4.79 Å². The summed E-state index contributed by atoms with van der Waals surface area (Å²) in [5.74, 6) is 0.646. The zero-order valence-corrected chi connectivity index (χ0v) is 16.9. The number of hydrogen-bond donors (Lipinski definition) is 2. The second-order valence-corrected chi connectivity index (χ2v) is 8.75. The molecule has 0 saturated heterocycles. The highest BCUT2D eigenvalue weighted by atomic mass is 16.6. The Bertz CT molecular complexity index is 826. The number of ether oxygens (including phenoxy) is 2. The summed E-state index contributed by atoms with van der Waals surface area (Å²) in [5, 5.41) is 18.9. The summed E-state index contributed by atoms with van der Waals surface area (Å²) in [6.07, 6.45) is 4.27. The van der Waals surface area contributed by atoms with Crippen molar-refractivity contribution < 1.29 is 24.5 Å². The number of rotatable bonds is 5. The topological polar surface area (TPSA) is 76.0 Å². The van der Waals surface area contributed by atoms with Crippen molar-refractivity contribution in [3.8, 4) is 5.75 Å². The van der Waals surface area contributed by atoms with E-state index >= 15 is 0 Å². The van der Waals surface area contributed by atoms with E-state index in [-0.39, 0.29) is 18.0 Å². The molecule has 2 N–H and O–H groups in total. The van der Waals surface area contributed by atoms with Crippen LogP contribution in [0.2, 0.25) is 0 Å². The number of carbonyl (C=O) groups is 1. The molecule has 0 unspecified atom stereocenters. The van der Waals surface area contributed by atoms with Crippen LogP contribution in [-0.4, -0.2) is 28.4 Å². The highest BCUT2D eigenvalue weighted by Crippen LogP contribution is 2.58. The van der Waals surface area contributed by atoms with Crippen LogP contribution in [0.1, 0.15) is 50.9 Å². The Kier molecular flexibility index (Phi) is 5.04. The van der Waals surface area contributed by atoms with Gasteiger partial charge < -0.3 is 19.7 Å². The second-order valence-electron chi connectivity index (χ2n) is 8.75. The average molecular weight is 384 g/mol. The first-order valence-electron chi connectivity index (χ1n) is 9.48. The number of phenolic OH excluding ortho intramolecular Hbond substituents is 1. The fourth-order valence-corrected chi connectivity index (χ4v) is 4.55. The third-order valence-electron chi connectivity index (χ3n) is 5.78. The van der Waals surface area contributed by atoms with Crippen molar-refractivity contribution in [1.82, 2.24) is 0 Å². The van der Waals surface area contributed by atoms with Crippen LogP contribution >= 0.6 is 0 Å². The Balaban J connectivity index is 1.70. The van der Waals surface area contributed by atoms with E-state index in [1.54, 1.807) is 18.2 Å². The first kappa shape index (κ1) is 20.1. The fraction of sp³-hybridized carbons (Fsp3) is 0.435. The number of carbonyl (C=O) groups excluding carboxylic acids is 1. The Morgan fingerprint density at radius 2 is 1.54 bits per heavy atom. The molecule has 1 saturated carbocycles. The van der Waals surface area contributed by atoms with Crippen molar-refractivity contribution in [3.63, 3.8) is 0 Å². The highest BCUT2D eigenvalue weighted by molar-refractivity contribution is 5.89. The van der Waals surface area contributed by atoms with E-state index < -0.39 is 16.8 Å². The lowest BCUT2D eigenvalue weighted by molar-refractivity contribution is -0.252. The van der Waals surface area contributed by atoms with Crippen LogP contribution in [0.3, 0.4) is 0 Å². The largest absolute Gasteiger partial charge is 0.512 e. The molecule has 2 aliphatic carbocycles. The predicted octanol–water partition coefficient (Wildman–Crippen LogP) is 5.04. The quantitative estimate of drug-likeness (QED) is 0.549. The van der Waals surface area contributed by atoms with Gasteiger partial charge in [0.2, 0.25) is 0 Å². The summed E-state index contributed by atoms with van der Waals surface area (Å²) in [6.45, 7) is 12.1. The number of aliphatic hydroxyl groups excluding tert-OH is 1. The Hall–Kier alpha value is -2.69. The zero-order valence-electron chi connectivity index (χ0n) is 16.9. The molecule has 0 atom stereocenters. The summed E-state index contributed by atoms with van der Waals surface area (Å²) < 4.78 is 12.1. The molecule has 0 aromatic heterocycles. The van der Waals surface area contributed by atoms with Gasteiger partial charge in [-0.2, -0.15) is 0 Å². The smallest absolute Gasteiger partial charge is 0.338 e. The van der Waals surface area contributed by atoms with E-state index in [1.807, 2.05) is 33.8 Å². The number of esters is 1. The predicted molar refractivity (Wildman–Crippen MR) is 107 cm³/mol. The molecule has 5 heteroatoms. The van der Waals surface area contributed by atoms with E-state index in [1.165, 1.54) is 12.1 Å². The molecule has 1 aromatic carbocycles. The molecule has 28 heavy (non-hydrogen) atoms. The number of aromatic hydroxyl groups is 1. The first-order valence-corrected chi connectivity index (χ1v) is 9.48. The minimum Gasteiger partial charge on any atom is -0.512 e. The van der Waals surface area contributed by atoms with Gasteiger partial charge in [0.05, 0.1) is 11.3 Å². The van der Waals surface area contributed by atoms with Crippen molar-refractivity contribution in [2.75, 3.05) is 0 Å². The minimum atomic E-state index is -0.418. The fourth-order valence-electron chi connectivity index (χ4n) is 4.55. The molecule has 1 fully saturated rings. The van der Waals surface area contributed by atoms with Crippen LogP contribution in [0, 0.1) is 10.8 Å². The van der Waals surface area contributed by atoms with Gasteiger partial charge in [-0.1, -0.05) is 40.3 Å². The van der Waals surface area contributed by atoms with E-state index in [9.17, 15) is 15.0 Å². The molecule has 0 amide bonds. The summed E-state index contributed by atoms with van der Waals surface area (Å²) >= 11 is 0. The standard InChI is InChI=1S/C23H28O5/c1-14(15-6-10-17(24)11-7-15)27-20-22(2,3)21(23(20,4)5)28-19(26)16-8-12-18(25)13-9-16/h6,8-10,12-13,20-21,24-25H,1,7,11H2,2-5H3. The summed E-state index contributed by atoms with van der Waals surface area (Å²) in [5.41, 5.74) is 0.574. The van der Waals surface area contributed by atoms with E-state index in [0.29, 0.717) is 29.9 Å². The van der Waals surface area contributed by atoms with Gasteiger partial charge in [0.1, 0.15) is 23.7 Å². The zero-order chi connectivity index (χ0) is 20.7. The molecule has 1 aromatic rings. The van der Waals surface area contributed by atoms with E-state index in [2.05, 4.69) is 6.58 Å². The number of hydrogen-bond acceptors (Lipinski definition) is 5. The van der Waals surface area contributed by atoms with E-state index in [4.69, 9.17) is 9.47 Å². The molecule has 0 spiro atoms. The molecule has 5 nitrogen and oxygen atoms in total. The van der Waals surface area contributed by atoms with Gasteiger partial charge in [0.25, 0.3) is 0 Å². The van der Waals surface area contributed by atoms with Crippen molar-refractivity contribution in [3.05, 3.63) is 65.7 Å². The molecule has 3 rings (SSSR count). The minimum absolute atomic E-state index is 0.105. The number of benzene rings is 1. The van der Waals surface area contributed by atoms with Crippen LogP contribution in [0.15, 0.2) is 60.1 Å².